The van der Waals surface area contributed by atoms with E-state index in [1.54, 1.807) is 6.07 Å². The van der Waals surface area contributed by atoms with Gasteiger partial charge >= 0.3 is 5.69 Å². The van der Waals surface area contributed by atoms with E-state index in [4.69, 9.17) is 0 Å². The Morgan fingerprint density at radius 3 is 2.95 bits per heavy atom. The highest BCUT2D eigenvalue weighted by atomic mass is 16.2. The Balaban J connectivity index is 1.80. The van der Waals surface area contributed by atoms with Gasteiger partial charge in [0.05, 0.1) is 12.5 Å². The number of likely N-dealkylation sites (tertiary alicyclic amines) is 1. The molecule has 0 bridgehead atoms. The zero-order valence-corrected chi connectivity index (χ0v) is 12.6. The number of amides is 1. The molecule has 2 aromatic rings. The molecule has 22 heavy (non-hydrogen) atoms. The monoisotopic (exact) mass is 297 g/mol. The second kappa shape index (κ2) is 6.13. The molecule has 1 fully saturated rings. The predicted molar refractivity (Wildman–Crippen MR) is 83.4 cm³/mol. The predicted octanol–water partition coefficient (Wildman–Crippen LogP) is 1.98. The molecule has 0 spiro atoms. The molecule has 1 aromatic heterocycles. The van der Waals surface area contributed by atoms with Crippen LogP contribution < -0.4 is 5.69 Å². The highest BCUT2D eigenvalue weighted by Crippen LogP contribution is 2.30. The third-order valence-electron chi connectivity index (χ3n) is 4.23. The van der Waals surface area contributed by atoms with E-state index in [1.807, 2.05) is 36.1 Å². The van der Waals surface area contributed by atoms with Crippen LogP contribution in [-0.4, -0.2) is 27.3 Å². The van der Waals surface area contributed by atoms with Crippen molar-refractivity contribution < 1.29 is 4.79 Å². The van der Waals surface area contributed by atoms with Crippen molar-refractivity contribution in [2.75, 3.05) is 6.54 Å². The minimum Gasteiger partial charge on any atom is -0.334 e. The molecule has 1 atom stereocenters. The van der Waals surface area contributed by atoms with Gasteiger partial charge < -0.3 is 9.88 Å². The van der Waals surface area contributed by atoms with Gasteiger partial charge in [0.25, 0.3) is 0 Å². The van der Waals surface area contributed by atoms with E-state index < -0.39 is 0 Å². The van der Waals surface area contributed by atoms with Crippen LogP contribution in [0.2, 0.25) is 0 Å². The van der Waals surface area contributed by atoms with E-state index in [-0.39, 0.29) is 17.6 Å². The van der Waals surface area contributed by atoms with E-state index in [9.17, 15) is 9.59 Å². The largest absolute Gasteiger partial charge is 0.345 e. The molecule has 114 valence electrons. The van der Waals surface area contributed by atoms with E-state index in [1.165, 1.54) is 6.20 Å². The number of H-pyrrole nitrogens is 1. The summed E-state index contributed by atoms with van der Waals surface area (Å²) in [5.41, 5.74) is 2.59. The summed E-state index contributed by atoms with van der Waals surface area (Å²) in [6, 6.07) is 9.68. The number of carbonyl (C=O) groups is 1. The SMILES string of the molecule is Cc1ccccc1CC(=O)N1CCC[C@H]1c1ccnc(=O)[nH]1. The smallest absolute Gasteiger partial charge is 0.334 e. The van der Waals surface area contributed by atoms with Crippen molar-refractivity contribution in [3.05, 3.63) is 63.8 Å². The molecule has 3 rings (SSSR count). The van der Waals surface area contributed by atoms with Gasteiger partial charge in [0.1, 0.15) is 0 Å². The minimum atomic E-state index is -0.365. The molecule has 1 aliphatic rings. The zero-order chi connectivity index (χ0) is 15.5. The molecule has 0 unspecified atom stereocenters. The van der Waals surface area contributed by atoms with Crippen molar-refractivity contribution in [1.82, 2.24) is 14.9 Å². The van der Waals surface area contributed by atoms with Crippen molar-refractivity contribution in [2.24, 2.45) is 0 Å². The summed E-state index contributed by atoms with van der Waals surface area (Å²) in [5, 5.41) is 0. The molecular weight excluding hydrogens is 278 g/mol. The first-order chi connectivity index (χ1) is 10.6. The van der Waals surface area contributed by atoms with Gasteiger partial charge in [-0.1, -0.05) is 24.3 Å². The summed E-state index contributed by atoms with van der Waals surface area (Å²) in [6.45, 7) is 2.75. The fourth-order valence-electron chi connectivity index (χ4n) is 3.04. The van der Waals surface area contributed by atoms with Crippen molar-refractivity contribution in [2.45, 2.75) is 32.2 Å². The van der Waals surface area contributed by atoms with Gasteiger partial charge in [-0.3, -0.25) is 4.79 Å². The molecule has 5 nitrogen and oxygen atoms in total. The van der Waals surface area contributed by atoms with Gasteiger partial charge in [0.15, 0.2) is 0 Å². The molecule has 0 radical (unpaired) electrons. The summed E-state index contributed by atoms with van der Waals surface area (Å²) in [4.78, 5) is 32.3. The Labute approximate surface area is 129 Å². The Hall–Kier alpha value is -2.43. The maximum Gasteiger partial charge on any atom is 0.345 e. The van der Waals surface area contributed by atoms with Gasteiger partial charge in [-0.15, -0.1) is 0 Å². The van der Waals surface area contributed by atoms with Crippen molar-refractivity contribution >= 4 is 5.91 Å². The lowest BCUT2D eigenvalue weighted by molar-refractivity contribution is -0.131. The molecule has 1 N–H and O–H groups in total. The lowest BCUT2D eigenvalue weighted by Gasteiger charge is -2.25. The van der Waals surface area contributed by atoms with E-state index in [0.717, 1.165) is 36.2 Å². The molecule has 1 amide bonds. The molecule has 5 heteroatoms. The number of nitrogens with zero attached hydrogens (tertiary/aromatic N) is 2. The average molecular weight is 297 g/mol. The molecule has 1 saturated heterocycles. The molecule has 2 heterocycles. The normalized spacial score (nSPS) is 17.7. The second-order valence-corrected chi connectivity index (χ2v) is 5.68. The Morgan fingerprint density at radius 1 is 1.36 bits per heavy atom. The van der Waals surface area contributed by atoms with E-state index in [2.05, 4.69) is 9.97 Å². The van der Waals surface area contributed by atoms with Crippen LogP contribution in [0.4, 0.5) is 0 Å². The summed E-state index contributed by atoms with van der Waals surface area (Å²) < 4.78 is 0. The first-order valence-electron chi connectivity index (χ1n) is 7.54. The number of aromatic nitrogens is 2. The standard InChI is InChI=1S/C17H19N3O2/c1-12-5-2-3-6-13(12)11-16(21)20-10-4-7-15(20)14-8-9-18-17(22)19-14/h2-3,5-6,8-9,15H,4,7,10-11H2,1H3,(H,18,19,22)/t15-/m0/s1. The van der Waals surface area contributed by atoms with Gasteiger partial charge in [0, 0.05) is 18.4 Å². The molecule has 0 aliphatic carbocycles. The Morgan fingerprint density at radius 2 is 2.18 bits per heavy atom. The van der Waals surface area contributed by atoms with Gasteiger partial charge in [-0.05, 0) is 37.0 Å². The number of benzene rings is 1. The first-order valence-corrected chi connectivity index (χ1v) is 7.54. The lowest BCUT2D eigenvalue weighted by Crippen LogP contribution is -2.33. The summed E-state index contributed by atoms with van der Waals surface area (Å²) in [5.74, 6) is 0.106. The number of hydrogen-bond acceptors (Lipinski definition) is 3. The second-order valence-electron chi connectivity index (χ2n) is 5.68. The summed E-state index contributed by atoms with van der Waals surface area (Å²) in [7, 11) is 0. The molecular formula is C17H19N3O2. The van der Waals surface area contributed by atoms with Crippen LogP contribution in [0, 0.1) is 6.92 Å². The van der Waals surface area contributed by atoms with Crippen molar-refractivity contribution in [3.8, 4) is 0 Å². The van der Waals surface area contributed by atoms with Gasteiger partial charge in [0.2, 0.25) is 5.91 Å². The van der Waals surface area contributed by atoms with Crippen LogP contribution in [-0.2, 0) is 11.2 Å². The number of nitrogens with one attached hydrogen (secondary N) is 1. The maximum absolute atomic E-state index is 12.7. The minimum absolute atomic E-state index is 0.0489. The van der Waals surface area contributed by atoms with Crippen LogP contribution in [0.1, 0.15) is 35.7 Å². The average Bonchev–Trinajstić information content (AvgIpc) is 2.99. The summed E-state index contributed by atoms with van der Waals surface area (Å²) >= 11 is 0. The maximum atomic E-state index is 12.7. The van der Waals surface area contributed by atoms with Crippen LogP contribution >= 0.6 is 0 Å². The highest BCUT2D eigenvalue weighted by Gasteiger charge is 2.30. The number of rotatable bonds is 3. The van der Waals surface area contributed by atoms with Crippen molar-refractivity contribution in [1.29, 1.82) is 0 Å². The number of carbonyl (C=O) groups excluding carboxylic acids is 1. The Kier molecular flexibility index (Phi) is 4.04. The molecule has 1 aromatic carbocycles. The fraction of sp³-hybridized carbons (Fsp3) is 0.353. The van der Waals surface area contributed by atoms with E-state index >= 15 is 0 Å². The van der Waals surface area contributed by atoms with Gasteiger partial charge in [-0.25, -0.2) is 9.78 Å². The molecule has 1 aliphatic heterocycles. The van der Waals surface area contributed by atoms with E-state index in [0.29, 0.717) is 6.42 Å². The summed E-state index contributed by atoms with van der Waals surface area (Å²) in [6.07, 6.45) is 3.73. The van der Waals surface area contributed by atoms with Crippen LogP contribution in [0.5, 0.6) is 0 Å². The van der Waals surface area contributed by atoms with Crippen LogP contribution in [0.3, 0.4) is 0 Å². The number of aromatic amines is 1. The number of aryl methyl sites for hydroxylation is 1. The first kappa shape index (κ1) is 14.5. The van der Waals surface area contributed by atoms with Crippen molar-refractivity contribution in [3.63, 3.8) is 0 Å². The molecule has 0 saturated carbocycles. The Bertz CT molecular complexity index is 738. The quantitative estimate of drug-likeness (QED) is 0.942. The fourth-order valence-corrected chi connectivity index (χ4v) is 3.04. The topological polar surface area (TPSA) is 66.1 Å². The van der Waals surface area contributed by atoms with Gasteiger partial charge in [-0.2, -0.15) is 0 Å². The lowest BCUT2D eigenvalue weighted by atomic mass is 10.0. The van der Waals surface area contributed by atoms with Crippen LogP contribution in [0.15, 0.2) is 41.3 Å². The number of hydrogen-bond donors (Lipinski definition) is 1. The van der Waals surface area contributed by atoms with Crippen LogP contribution in [0.25, 0.3) is 0 Å². The third kappa shape index (κ3) is 2.93. The highest BCUT2D eigenvalue weighted by molar-refractivity contribution is 5.79. The zero-order valence-electron chi connectivity index (χ0n) is 12.6. The third-order valence-corrected chi connectivity index (χ3v) is 4.23.